The second kappa shape index (κ2) is 2.45. The van der Waals surface area contributed by atoms with Crippen LogP contribution in [0.25, 0.3) is 10.9 Å². The summed E-state index contributed by atoms with van der Waals surface area (Å²) in [6.07, 6.45) is 5.95. The fourth-order valence-electron chi connectivity index (χ4n) is 1.81. The van der Waals surface area contributed by atoms with Crippen molar-refractivity contribution in [3.8, 4) is 0 Å². The zero-order valence-corrected chi connectivity index (χ0v) is 7.17. The minimum absolute atomic E-state index is 1.01. The molecule has 0 saturated heterocycles. The van der Waals surface area contributed by atoms with E-state index >= 15 is 0 Å². The molecule has 0 spiro atoms. The van der Waals surface area contributed by atoms with E-state index in [1.807, 2.05) is 12.4 Å². The molecule has 4 heteroatoms. The number of hydrogen-bond donors (Lipinski definition) is 2. The molecular weight excluding hydrogens is 164 g/mol. The molecule has 0 aromatic carbocycles. The van der Waals surface area contributed by atoms with Crippen molar-refractivity contribution in [1.82, 2.24) is 15.2 Å². The molecule has 0 radical (unpaired) electrons. The van der Waals surface area contributed by atoms with E-state index in [0.717, 1.165) is 29.6 Å². The molecule has 0 unspecified atom stereocenters. The van der Waals surface area contributed by atoms with Gasteiger partial charge in [0.1, 0.15) is 0 Å². The van der Waals surface area contributed by atoms with Gasteiger partial charge in [0.2, 0.25) is 0 Å². The summed E-state index contributed by atoms with van der Waals surface area (Å²) in [5, 5.41) is 11.4. The number of nitrogens with one attached hydrogen (secondary N) is 2. The molecule has 2 aromatic heterocycles. The third-order valence-electron chi connectivity index (χ3n) is 2.47. The number of aryl methyl sites for hydroxylation is 1. The SMILES string of the molecule is c1nc2c(c3cn[nH]c13)NCCC2. The van der Waals surface area contributed by atoms with Gasteiger partial charge in [-0.1, -0.05) is 0 Å². The molecule has 66 valence electrons. The van der Waals surface area contributed by atoms with Crippen LogP contribution in [0.4, 0.5) is 5.69 Å². The number of rotatable bonds is 0. The first kappa shape index (κ1) is 6.88. The van der Waals surface area contributed by atoms with Crippen LogP contribution in [0.5, 0.6) is 0 Å². The van der Waals surface area contributed by atoms with Crippen molar-refractivity contribution in [2.75, 3.05) is 11.9 Å². The van der Waals surface area contributed by atoms with E-state index in [1.165, 1.54) is 12.1 Å². The average molecular weight is 174 g/mol. The van der Waals surface area contributed by atoms with Gasteiger partial charge in [-0.3, -0.25) is 10.1 Å². The summed E-state index contributed by atoms with van der Waals surface area (Å²) in [5.41, 5.74) is 3.34. The second-order valence-electron chi connectivity index (χ2n) is 3.31. The Labute approximate surface area is 75.4 Å². The lowest BCUT2D eigenvalue weighted by Crippen LogP contribution is -2.13. The van der Waals surface area contributed by atoms with Crippen molar-refractivity contribution >= 4 is 16.6 Å². The fourth-order valence-corrected chi connectivity index (χ4v) is 1.81. The molecule has 2 aromatic rings. The highest BCUT2D eigenvalue weighted by Gasteiger charge is 2.13. The quantitative estimate of drug-likeness (QED) is 0.633. The predicted octanol–water partition coefficient (Wildman–Crippen LogP) is 1.32. The van der Waals surface area contributed by atoms with Gasteiger partial charge < -0.3 is 5.32 Å². The largest absolute Gasteiger partial charge is 0.383 e. The van der Waals surface area contributed by atoms with Gasteiger partial charge in [0, 0.05) is 11.9 Å². The predicted molar refractivity (Wildman–Crippen MR) is 50.7 cm³/mol. The number of H-pyrrole nitrogens is 1. The monoisotopic (exact) mass is 174 g/mol. The van der Waals surface area contributed by atoms with Crippen LogP contribution in [0, 0.1) is 0 Å². The van der Waals surface area contributed by atoms with Gasteiger partial charge in [-0.15, -0.1) is 0 Å². The molecule has 2 N–H and O–H groups in total. The Morgan fingerprint density at radius 3 is 3.31 bits per heavy atom. The molecule has 0 atom stereocenters. The highest BCUT2D eigenvalue weighted by molar-refractivity contribution is 5.91. The summed E-state index contributed by atoms with van der Waals surface area (Å²) >= 11 is 0. The van der Waals surface area contributed by atoms with Crippen LogP contribution in [0.2, 0.25) is 0 Å². The van der Waals surface area contributed by atoms with Gasteiger partial charge in [-0.2, -0.15) is 5.10 Å². The van der Waals surface area contributed by atoms with Crippen molar-refractivity contribution in [2.24, 2.45) is 0 Å². The van der Waals surface area contributed by atoms with E-state index in [2.05, 4.69) is 20.5 Å². The van der Waals surface area contributed by atoms with Crippen molar-refractivity contribution in [3.63, 3.8) is 0 Å². The highest BCUT2D eigenvalue weighted by Crippen LogP contribution is 2.27. The standard InChI is InChI=1S/C9H10N4/c1-2-7-9(10-3-1)6-4-12-13-8(6)5-11-7/h4-5,10H,1-3H2,(H,12,13). The van der Waals surface area contributed by atoms with E-state index in [0.29, 0.717) is 0 Å². The minimum Gasteiger partial charge on any atom is -0.383 e. The first-order chi connectivity index (χ1) is 6.45. The molecule has 1 aliphatic rings. The Bertz CT molecular complexity index is 446. The maximum Gasteiger partial charge on any atom is 0.0854 e. The smallest absolute Gasteiger partial charge is 0.0854 e. The summed E-state index contributed by atoms with van der Waals surface area (Å²) in [4.78, 5) is 4.39. The van der Waals surface area contributed by atoms with Crippen LogP contribution < -0.4 is 5.32 Å². The average Bonchev–Trinajstić information content (AvgIpc) is 2.65. The van der Waals surface area contributed by atoms with Gasteiger partial charge >= 0.3 is 0 Å². The summed E-state index contributed by atoms with van der Waals surface area (Å²) in [6, 6.07) is 0. The zero-order chi connectivity index (χ0) is 8.67. The van der Waals surface area contributed by atoms with E-state index in [1.54, 1.807) is 0 Å². The molecule has 13 heavy (non-hydrogen) atoms. The topological polar surface area (TPSA) is 53.6 Å². The van der Waals surface area contributed by atoms with Crippen molar-refractivity contribution in [1.29, 1.82) is 0 Å². The van der Waals surface area contributed by atoms with E-state index < -0.39 is 0 Å². The molecule has 0 bridgehead atoms. The summed E-state index contributed by atoms with van der Waals surface area (Å²) in [5.74, 6) is 0. The van der Waals surface area contributed by atoms with Crippen LogP contribution in [0.15, 0.2) is 12.4 Å². The van der Waals surface area contributed by atoms with E-state index in [-0.39, 0.29) is 0 Å². The number of pyridine rings is 1. The van der Waals surface area contributed by atoms with Crippen LogP contribution in [0.3, 0.4) is 0 Å². The Morgan fingerprint density at radius 2 is 2.31 bits per heavy atom. The number of nitrogens with zero attached hydrogens (tertiary/aromatic N) is 2. The molecule has 0 amide bonds. The number of hydrogen-bond acceptors (Lipinski definition) is 3. The first-order valence-electron chi connectivity index (χ1n) is 4.50. The molecule has 0 saturated carbocycles. The van der Waals surface area contributed by atoms with Gasteiger partial charge in [-0.05, 0) is 12.8 Å². The van der Waals surface area contributed by atoms with Crippen LogP contribution in [-0.2, 0) is 6.42 Å². The van der Waals surface area contributed by atoms with Crippen LogP contribution in [0.1, 0.15) is 12.1 Å². The molecule has 4 nitrogen and oxygen atoms in total. The second-order valence-corrected chi connectivity index (χ2v) is 3.31. The number of anilines is 1. The Hall–Kier alpha value is -1.58. The maximum atomic E-state index is 4.39. The van der Waals surface area contributed by atoms with Gasteiger partial charge in [0.05, 0.1) is 29.3 Å². The summed E-state index contributed by atoms with van der Waals surface area (Å²) < 4.78 is 0. The third kappa shape index (κ3) is 0.915. The summed E-state index contributed by atoms with van der Waals surface area (Å²) in [7, 11) is 0. The van der Waals surface area contributed by atoms with Crippen LogP contribution in [-0.4, -0.2) is 21.7 Å². The van der Waals surface area contributed by atoms with E-state index in [9.17, 15) is 0 Å². The number of aromatic amines is 1. The normalized spacial score (nSPS) is 15.4. The molecule has 3 rings (SSSR count). The van der Waals surface area contributed by atoms with E-state index in [4.69, 9.17) is 0 Å². The third-order valence-corrected chi connectivity index (χ3v) is 2.47. The number of aromatic nitrogens is 3. The fraction of sp³-hybridized carbons (Fsp3) is 0.333. The first-order valence-corrected chi connectivity index (χ1v) is 4.50. The Kier molecular flexibility index (Phi) is 1.30. The zero-order valence-electron chi connectivity index (χ0n) is 7.17. The lowest BCUT2D eigenvalue weighted by molar-refractivity contribution is 0.805. The van der Waals surface area contributed by atoms with Gasteiger partial charge in [0.25, 0.3) is 0 Å². The number of fused-ring (bicyclic) bond motifs is 3. The van der Waals surface area contributed by atoms with Crippen LogP contribution >= 0.6 is 0 Å². The molecule has 1 aliphatic heterocycles. The Balaban J connectivity index is 2.34. The molecular formula is C9H10N4. The molecule has 0 aliphatic carbocycles. The highest BCUT2D eigenvalue weighted by atomic mass is 15.1. The Morgan fingerprint density at radius 1 is 1.31 bits per heavy atom. The lowest BCUT2D eigenvalue weighted by atomic mass is 10.1. The van der Waals surface area contributed by atoms with Crippen molar-refractivity contribution in [2.45, 2.75) is 12.8 Å². The van der Waals surface area contributed by atoms with Gasteiger partial charge in [0.15, 0.2) is 0 Å². The molecule has 3 heterocycles. The van der Waals surface area contributed by atoms with Gasteiger partial charge in [-0.25, -0.2) is 0 Å². The minimum atomic E-state index is 1.01. The lowest BCUT2D eigenvalue weighted by Gasteiger charge is -2.16. The summed E-state index contributed by atoms with van der Waals surface area (Å²) in [6.45, 7) is 1.04. The van der Waals surface area contributed by atoms with Crippen molar-refractivity contribution < 1.29 is 0 Å². The molecule has 0 fully saturated rings. The maximum absolute atomic E-state index is 4.39. The van der Waals surface area contributed by atoms with Crippen molar-refractivity contribution in [3.05, 3.63) is 18.1 Å².